The number of nitrogens with zero attached hydrogens (tertiary/aromatic N) is 1. The van der Waals surface area contributed by atoms with Crippen LogP contribution in [0.25, 0.3) is 10.9 Å². The quantitative estimate of drug-likeness (QED) is 0.825. The van der Waals surface area contributed by atoms with Crippen LogP contribution < -0.4 is 14.2 Å². The van der Waals surface area contributed by atoms with Gasteiger partial charge < -0.3 is 33.6 Å². The number of fused-ring (bicyclic) bond motifs is 1. The summed E-state index contributed by atoms with van der Waals surface area (Å²) in [6.45, 7) is 4.35. The number of aromatic amines is 1. The highest BCUT2D eigenvalue weighted by atomic mass is 16.6. The molecule has 2 aliphatic rings. The summed E-state index contributed by atoms with van der Waals surface area (Å²) >= 11 is 0. The van der Waals surface area contributed by atoms with Crippen LogP contribution in [-0.2, 0) is 9.47 Å². The minimum Gasteiger partial charge on any atom is -0.496 e. The Kier molecular flexibility index (Phi) is 5.31. The van der Waals surface area contributed by atoms with E-state index < -0.39 is 5.60 Å². The number of amides is 1. The van der Waals surface area contributed by atoms with Crippen molar-refractivity contribution in [3.05, 3.63) is 17.8 Å². The molecule has 1 aromatic carbocycles. The summed E-state index contributed by atoms with van der Waals surface area (Å²) in [6, 6.07) is 3.57. The van der Waals surface area contributed by atoms with Crippen LogP contribution in [0.2, 0.25) is 0 Å². The molecule has 158 valence electrons. The van der Waals surface area contributed by atoms with Crippen molar-refractivity contribution in [2.24, 2.45) is 0 Å². The predicted octanol–water partition coefficient (Wildman–Crippen LogP) is 2.60. The van der Waals surface area contributed by atoms with E-state index in [4.69, 9.17) is 23.7 Å². The van der Waals surface area contributed by atoms with Gasteiger partial charge >= 0.3 is 0 Å². The molecule has 2 aliphatic heterocycles. The first-order chi connectivity index (χ1) is 14.0. The van der Waals surface area contributed by atoms with Gasteiger partial charge in [0.05, 0.1) is 46.1 Å². The van der Waals surface area contributed by atoms with Crippen LogP contribution in [0, 0.1) is 0 Å². The molecule has 1 spiro atoms. The van der Waals surface area contributed by atoms with Crippen LogP contribution in [0.15, 0.2) is 12.1 Å². The zero-order valence-corrected chi connectivity index (χ0v) is 17.4. The SMILES string of the molecule is CC[C@@H]1CN(C(=O)c2cc3c(OC)cc(OC)c(OC)c3[nH]2)C[C@@]2(CCOC2)O1. The minimum absolute atomic E-state index is 0.00273. The number of carbonyl (C=O) groups excluding carboxylic acids is 1. The van der Waals surface area contributed by atoms with E-state index >= 15 is 0 Å². The Bertz CT molecular complexity index is 902. The Labute approximate surface area is 170 Å². The van der Waals surface area contributed by atoms with Crippen molar-refractivity contribution in [1.29, 1.82) is 0 Å². The molecule has 1 amide bonds. The average Bonchev–Trinajstić information content (AvgIpc) is 3.38. The number of ether oxygens (including phenoxy) is 5. The fraction of sp³-hybridized carbons (Fsp3) is 0.571. The maximum absolute atomic E-state index is 13.4. The van der Waals surface area contributed by atoms with Crippen LogP contribution in [-0.4, -0.2) is 75.1 Å². The van der Waals surface area contributed by atoms with E-state index in [9.17, 15) is 4.79 Å². The molecule has 2 aromatic rings. The second kappa shape index (κ2) is 7.76. The molecule has 1 aromatic heterocycles. The van der Waals surface area contributed by atoms with Gasteiger partial charge in [-0.15, -0.1) is 0 Å². The van der Waals surface area contributed by atoms with E-state index in [-0.39, 0.29) is 12.0 Å². The zero-order valence-electron chi connectivity index (χ0n) is 17.4. The molecule has 0 bridgehead atoms. The number of hydrogen-bond acceptors (Lipinski definition) is 6. The number of aromatic nitrogens is 1. The van der Waals surface area contributed by atoms with Gasteiger partial charge in [0.15, 0.2) is 11.5 Å². The average molecular weight is 404 g/mol. The minimum atomic E-state index is -0.404. The molecule has 2 saturated heterocycles. The monoisotopic (exact) mass is 404 g/mol. The van der Waals surface area contributed by atoms with E-state index in [1.54, 1.807) is 27.4 Å². The molecule has 1 N–H and O–H groups in total. The number of H-pyrrole nitrogens is 1. The lowest BCUT2D eigenvalue weighted by atomic mass is 9.98. The summed E-state index contributed by atoms with van der Waals surface area (Å²) < 4.78 is 28.3. The Morgan fingerprint density at radius 3 is 2.66 bits per heavy atom. The van der Waals surface area contributed by atoms with E-state index in [0.717, 1.165) is 18.2 Å². The molecule has 2 atom stereocenters. The van der Waals surface area contributed by atoms with Crippen LogP contribution in [0.4, 0.5) is 0 Å². The van der Waals surface area contributed by atoms with Gasteiger partial charge in [-0.1, -0.05) is 6.92 Å². The van der Waals surface area contributed by atoms with Crippen molar-refractivity contribution in [3.8, 4) is 17.2 Å². The molecule has 4 rings (SSSR count). The third-order valence-electron chi connectivity index (χ3n) is 5.80. The Morgan fingerprint density at radius 1 is 1.24 bits per heavy atom. The molecule has 8 heteroatoms. The number of rotatable bonds is 5. The van der Waals surface area contributed by atoms with E-state index in [2.05, 4.69) is 11.9 Å². The Balaban J connectivity index is 1.71. The smallest absolute Gasteiger partial charge is 0.270 e. The van der Waals surface area contributed by atoms with Crippen LogP contribution in [0.1, 0.15) is 30.3 Å². The second-order valence-corrected chi connectivity index (χ2v) is 7.61. The number of morpholine rings is 1. The van der Waals surface area contributed by atoms with Gasteiger partial charge in [0.2, 0.25) is 0 Å². The highest BCUT2D eigenvalue weighted by Crippen LogP contribution is 2.41. The van der Waals surface area contributed by atoms with Crippen molar-refractivity contribution in [1.82, 2.24) is 9.88 Å². The third kappa shape index (κ3) is 3.40. The van der Waals surface area contributed by atoms with Crippen LogP contribution in [0.5, 0.6) is 17.2 Å². The van der Waals surface area contributed by atoms with Gasteiger partial charge in [0, 0.05) is 31.0 Å². The van der Waals surface area contributed by atoms with Gasteiger partial charge in [-0.2, -0.15) is 0 Å². The molecular formula is C21H28N2O6. The lowest BCUT2D eigenvalue weighted by Crippen LogP contribution is -2.57. The fourth-order valence-electron chi connectivity index (χ4n) is 4.28. The molecule has 3 heterocycles. The molecule has 2 fully saturated rings. The Morgan fingerprint density at radius 2 is 2.03 bits per heavy atom. The van der Waals surface area contributed by atoms with Crippen molar-refractivity contribution in [2.45, 2.75) is 31.5 Å². The second-order valence-electron chi connectivity index (χ2n) is 7.61. The van der Waals surface area contributed by atoms with Crippen LogP contribution in [0.3, 0.4) is 0 Å². The number of carbonyl (C=O) groups is 1. The van der Waals surface area contributed by atoms with Gasteiger partial charge in [-0.05, 0) is 12.5 Å². The molecule has 0 saturated carbocycles. The predicted molar refractivity (Wildman–Crippen MR) is 107 cm³/mol. The van der Waals surface area contributed by atoms with Crippen molar-refractivity contribution < 1.29 is 28.5 Å². The van der Waals surface area contributed by atoms with E-state index in [1.807, 2.05) is 11.0 Å². The summed E-state index contributed by atoms with van der Waals surface area (Å²) in [5, 5.41) is 0.771. The number of nitrogens with one attached hydrogen (secondary N) is 1. The lowest BCUT2D eigenvalue weighted by Gasteiger charge is -2.43. The normalized spacial score (nSPS) is 24.3. The van der Waals surface area contributed by atoms with E-state index in [1.165, 1.54) is 0 Å². The number of hydrogen-bond donors (Lipinski definition) is 1. The van der Waals surface area contributed by atoms with Crippen LogP contribution >= 0.6 is 0 Å². The summed E-state index contributed by atoms with van der Waals surface area (Å²) in [5.41, 5.74) is 0.751. The Hall–Kier alpha value is -2.45. The molecule has 29 heavy (non-hydrogen) atoms. The van der Waals surface area contributed by atoms with Gasteiger partial charge in [0.25, 0.3) is 5.91 Å². The first kappa shape index (κ1) is 19.8. The largest absolute Gasteiger partial charge is 0.496 e. The summed E-state index contributed by atoms with van der Waals surface area (Å²) in [6.07, 6.45) is 1.65. The van der Waals surface area contributed by atoms with E-state index in [0.29, 0.717) is 54.8 Å². The number of benzene rings is 1. The highest BCUT2D eigenvalue weighted by Gasteiger charge is 2.45. The molecule has 0 unspecified atom stereocenters. The van der Waals surface area contributed by atoms with Gasteiger partial charge in [-0.3, -0.25) is 4.79 Å². The van der Waals surface area contributed by atoms with Gasteiger partial charge in [-0.25, -0.2) is 0 Å². The fourth-order valence-corrected chi connectivity index (χ4v) is 4.28. The molecule has 0 aliphatic carbocycles. The molecule has 8 nitrogen and oxygen atoms in total. The topological polar surface area (TPSA) is 82.2 Å². The van der Waals surface area contributed by atoms with Gasteiger partial charge in [0.1, 0.15) is 17.0 Å². The first-order valence-electron chi connectivity index (χ1n) is 9.90. The standard InChI is InChI=1S/C21H28N2O6/c1-5-13-10-23(11-21(29-13)6-7-28-12-21)20(24)15-8-14-16(25-2)9-17(26-3)19(27-4)18(14)22-15/h8-9,13,22H,5-7,10-12H2,1-4H3/t13-,21-/m1/s1. The lowest BCUT2D eigenvalue weighted by molar-refractivity contribution is -0.145. The first-order valence-corrected chi connectivity index (χ1v) is 9.90. The number of methoxy groups -OCH3 is 3. The summed E-state index contributed by atoms with van der Waals surface area (Å²) in [5.74, 6) is 1.62. The maximum atomic E-state index is 13.4. The van der Waals surface area contributed by atoms with Crippen molar-refractivity contribution >= 4 is 16.8 Å². The highest BCUT2D eigenvalue weighted by molar-refractivity contribution is 6.02. The third-order valence-corrected chi connectivity index (χ3v) is 5.80. The van der Waals surface area contributed by atoms with Crippen molar-refractivity contribution in [3.63, 3.8) is 0 Å². The summed E-state index contributed by atoms with van der Waals surface area (Å²) in [7, 11) is 4.73. The zero-order chi connectivity index (χ0) is 20.6. The maximum Gasteiger partial charge on any atom is 0.270 e. The summed E-state index contributed by atoms with van der Waals surface area (Å²) in [4.78, 5) is 18.5. The molecular weight excluding hydrogens is 376 g/mol. The van der Waals surface area contributed by atoms with Crippen molar-refractivity contribution in [2.75, 3.05) is 47.6 Å². The molecule has 0 radical (unpaired) electrons.